The Kier molecular flexibility index (Phi) is 4.53. The molecule has 2 atom stereocenters. The molecule has 1 aliphatic heterocycles. The molecule has 4 heteroatoms. The maximum absolute atomic E-state index is 14.0. The van der Waals surface area contributed by atoms with Gasteiger partial charge in [0.05, 0.1) is 6.42 Å². The molecule has 1 aromatic rings. The third-order valence-corrected chi connectivity index (χ3v) is 3.89. The molecule has 1 aliphatic rings. The summed E-state index contributed by atoms with van der Waals surface area (Å²) in [6.45, 7) is 2.93. The van der Waals surface area contributed by atoms with Gasteiger partial charge in [0.1, 0.15) is 5.82 Å². The van der Waals surface area contributed by atoms with Crippen LogP contribution in [-0.2, 0) is 4.79 Å². The SMILES string of the molecule is CC1CCCCN1C(CC(=O)O)c1ccccc1F. The van der Waals surface area contributed by atoms with Crippen LogP contribution < -0.4 is 0 Å². The number of rotatable bonds is 4. The zero-order chi connectivity index (χ0) is 13.8. The number of carbonyl (C=O) groups is 1. The molecule has 19 heavy (non-hydrogen) atoms. The van der Waals surface area contributed by atoms with Crippen LogP contribution in [0.1, 0.15) is 44.2 Å². The summed E-state index contributed by atoms with van der Waals surface area (Å²) >= 11 is 0. The van der Waals surface area contributed by atoms with Gasteiger partial charge in [-0.3, -0.25) is 9.69 Å². The highest BCUT2D eigenvalue weighted by Crippen LogP contribution is 2.32. The lowest BCUT2D eigenvalue weighted by Crippen LogP contribution is -2.41. The van der Waals surface area contributed by atoms with Crippen molar-refractivity contribution in [2.45, 2.75) is 44.7 Å². The zero-order valence-corrected chi connectivity index (χ0v) is 11.2. The van der Waals surface area contributed by atoms with Gasteiger partial charge < -0.3 is 5.11 Å². The number of benzene rings is 1. The predicted molar refractivity (Wildman–Crippen MR) is 71.4 cm³/mol. The first-order valence-electron chi connectivity index (χ1n) is 6.81. The molecule has 0 aliphatic carbocycles. The standard InChI is InChI=1S/C15H20FNO2/c1-11-6-4-5-9-17(11)14(10-15(18)19)12-7-2-3-8-13(12)16/h2-3,7-8,11,14H,4-6,9-10H2,1H3,(H,18,19). The number of hydrogen-bond donors (Lipinski definition) is 1. The van der Waals surface area contributed by atoms with Gasteiger partial charge in [-0.05, 0) is 32.4 Å². The quantitative estimate of drug-likeness (QED) is 0.908. The molecule has 3 nitrogen and oxygen atoms in total. The van der Waals surface area contributed by atoms with E-state index in [0.717, 1.165) is 25.8 Å². The lowest BCUT2D eigenvalue weighted by atomic mass is 9.95. The van der Waals surface area contributed by atoms with Gasteiger partial charge in [0.2, 0.25) is 0 Å². The molecule has 1 saturated heterocycles. The molecule has 0 spiro atoms. The Morgan fingerprint density at radius 2 is 2.21 bits per heavy atom. The minimum atomic E-state index is -0.883. The number of aliphatic carboxylic acids is 1. The van der Waals surface area contributed by atoms with E-state index in [2.05, 4.69) is 11.8 Å². The first kappa shape index (κ1) is 14.0. The minimum Gasteiger partial charge on any atom is -0.481 e. The average Bonchev–Trinajstić information content (AvgIpc) is 2.37. The van der Waals surface area contributed by atoms with Gasteiger partial charge in [0, 0.05) is 17.6 Å². The van der Waals surface area contributed by atoms with Crippen molar-refractivity contribution in [3.63, 3.8) is 0 Å². The summed E-state index contributed by atoms with van der Waals surface area (Å²) < 4.78 is 14.0. The van der Waals surface area contributed by atoms with Crippen LogP contribution in [0.3, 0.4) is 0 Å². The Bertz CT molecular complexity index is 450. The summed E-state index contributed by atoms with van der Waals surface area (Å²) in [4.78, 5) is 13.2. The zero-order valence-electron chi connectivity index (χ0n) is 11.2. The maximum Gasteiger partial charge on any atom is 0.305 e. The van der Waals surface area contributed by atoms with Crippen LogP contribution >= 0.6 is 0 Å². The monoisotopic (exact) mass is 265 g/mol. The van der Waals surface area contributed by atoms with Crippen molar-refractivity contribution in [1.29, 1.82) is 0 Å². The van der Waals surface area contributed by atoms with E-state index in [-0.39, 0.29) is 18.3 Å². The van der Waals surface area contributed by atoms with Crippen molar-refractivity contribution >= 4 is 5.97 Å². The van der Waals surface area contributed by atoms with E-state index < -0.39 is 5.97 Å². The molecule has 1 fully saturated rings. The van der Waals surface area contributed by atoms with E-state index in [0.29, 0.717) is 11.6 Å². The molecule has 2 rings (SSSR count). The third-order valence-electron chi connectivity index (χ3n) is 3.89. The summed E-state index contributed by atoms with van der Waals surface area (Å²) in [5, 5.41) is 9.10. The van der Waals surface area contributed by atoms with Crippen molar-refractivity contribution in [3.8, 4) is 0 Å². The molecule has 1 heterocycles. The van der Waals surface area contributed by atoms with Crippen molar-refractivity contribution in [1.82, 2.24) is 4.90 Å². The van der Waals surface area contributed by atoms with Crippen LogP contribution in [0.5, 0.6) is 0 Å². The van der Waals surface area contributed by atoms with Crippen molar-refractivity contribution in [2.24, 2.45) is 0 Å². The molecule has 104 valence electrons. The third kappa shape index (κ3) is 3.32. The highest BCUT2D eigenvalue weighted by atomic mass is 19.1. The minimum absolute atomic E-state index is 0.0503. The van der Waals surface area contributed by atoms with E-state index in [1.807, 2.05) is 0 Å². The normalized spacial score (nSPS) is 22.1. The van der Waals surface area contributed by atoms with E-state index in [1.165, 1.54) is 6.07 Å². The topological polar surface area (TPSA) is 40.5 Å². The first-order chi connectivity index (χ1) is 9.09. The number of hydrogen-bond acceptors (Lipinski definition) is 2. The van der Waals surface area contributed by atoms with E-state index in [4.69, 9.17) is 5.11 Å². The Labute approximate surface area is 113 Å². The molecule has 1 N–H and O–H groups in total. The van der Waals surface area contributed by atoms with Crippen LogP contribution in [0.25, 0.3) is 0 Å². The van der Waals surface area contributed by atoms with Gasteiger partial charge in [-0.2, -0.15) is 0 Å². The lowest BCUT2D eigenvalue weighted by Gasteiger charge is -2.39. The van der Waals surface area contributed by atoms with Gasteiger partial charge in [-0.25, -0.2) is 4.39 Å². The Morgan fingerprint density at radius 1 is 1.47 bits per heavy atom. The van der Waals surface area contributed by atoms with Crippen LogP contribution in [0.4, 0.5) is 4.39 Å². The molecule has 1 aromatic carbocycles. The lowest BCUT2D eigenvalue weighted by molar-refractivity contribution is -0.138. The molecule has 0 amide bonds. The Hall–Kier alpha value is -1.42. The van der Waals surface area contributed by atoms with Crippen molar-refractivity contribution < 1.29 is 14.3 Å². The number of carboxylic acid groups (broad SMARTS) is 1. The van der Waals surface area contributed by atoms with E-state index in [9.17, 15) is 9.18 Å². The second-order valence-corrected chi connectivity index (χ2v) is 5.22. The van der Waals surface area contributed by atoms with Gasteiger partial charge in [0.25, 0.3) is 0 Å². The molecule has 0 aromatic heterocycles. The Morgan fingerprint density at radius 3 is 2.84 bits per heavy atom. The van der Waals surface area contributed by atoms with Gasteiger partial charge in [-0.15, -0.1) is 0 Å². The smallest absolute Gasteiger partial charge is 0.305 e. The fraction of sp³-hybridized carbons (Fsp3) is 0.533. The average molecular weight is 265 g/mol. The predicted octanol–water partition coefficient (Wildman–Crippen LogP) is 3.22. The van der Waals surface area contributed by atoms with Gasteiger partial charge in [0.15, 0.2) is 0 Å². The van der Waals surface area contributed by atoms with E-state index >= 15 is 0 Å². The summed E-state index contributed by atoms with van der Waals surface area (Å²) in [6, 6.07) is 6.44. The molecule has 0 radical (unpaired) electrons. The molecular weight excluding hydrogens is 245 g/mol. The Balaban J connectivity index is 2.30. The molecule has 2 unspecified atom stereocenters. The number of nitrogens with zero attached hydrogens (tertiary/aromatic N) is 1. The first-order valence-corrected chi connectivity index (χ1v) is 6.81. The number of likely N-dealkylation sites (tertiary alicyclic amines) is 1. The number of carboxylic acids is 1. The fourth-order valence-electron chi connectivity index (χ4n) is 2.90. The highest BCUT2D eigenvalue weighted by molar-refractivity contribution is 5.68. The summed E-state index contributed by atoms with van der Waals surface area (Å²) in [7, 11) is 0. The largest absolute Gasteiger partial charge is 0.481 e. The second-order valence-electron chi connectivity index (χ2n) is 5.22. The number of halogens is 1. The fourth-order valence-corrected chi connectivity index (χ4v) is 2.90. The van der Waals surface area contributed by atoms with Crippen LogP contribution in [0.2, 0.25) is 0 Å². The van der Waals surface area contributed by atoms with Crippen LogP contribution in [0, 0.1) is 5.82 Å². The van der Waals surface area contributed by atoms with E-state index in [1.54, 1.807) is 18.2 Å². The number of piperidine rings is 1. The summed E-state index contributed by atoms with van der Waals surface area (Å²) in [5.41, 5.74) is 0.499. The molecule has 0 saturated carbocycles. The second kappa shape index (κ2) is 6.15. The van der Waals surface area contributed by atoms with Crippen molar-refractivity contribution in [2.75, 3.05) is 6.54 Å². The van der Waals surface area contributed by atoms with Crippen LogP contribution in [0.15, 0.2) is 24.3 Å². The molecular formula is C15H20FNO2. The maximum atomic E-state index is 14.0. The van der Waals surface area contributed by atoms with Gasteiger partial charge in [-0.1, -0.05) is 24.6 Å². The summed E-state index contributed by atoms with van der Waals surface area (Å²) in [5.74, 6) is -1.20. The molecule has 0 bridgehead atoms. The summed E-state index contributed by atoms with van der Waals surface area (Å²) in [6.07, 6.45) is 3.21. The highest BCUT2D eigenvalue weighted by Gasteiger charge is 2.30. The van der Waals surface area contributed by atoms with Crippen LogP contribution in [-0.4, -0.2) is 28.6 Å². The van der Waals surface area contributed by atoms with Crippen molar-refractivity contribution in [3.05, 3.63) is 35.6 Å². The van der Waals surface area contributed by atoms with Gasteiger partial charge >= 0.3 is 5.97 Å².